The first-order chi connectivity index (χ1) is 7.02. The molecule has 0 radical (unpaired) electrons. The Hall–Kier alpha value is -0.815. The van der Waals surface area contributed by atoms with Crippen molar-refractivity contribution in [2.45, 2.75) is 6.92 Å². The van der Waals surface area contributed by atoms with Crippen LogP contribution in [0.5, 0.6) is 0 Å². The molecular formula is C8H11BBrNO4. The second-order valence-electron chi connectivity index (χ2n) is 3.34. The van der Waals surface area contributed by atoms with Crippen molar-refractivity contribution in [2.24, 2.45) is 0 Å². The van der Waals surface area contributed by atoms with Gasteiger partial charge in [-0.2, -0.15) is 0 Å². The van der Waals surface area contributed by atoms with Gasteiger partial charge in [-0.15, -0.1) is 0 Å². The molecule has 1 rings (SSSR count). The molecule has 0 saturated carbocycles. The molecule has 0 amide bonds. The van der Waals surface area contributed by atoms with E-state index in [2.05, 4.69) is 15.9 Å². The van der Waals surface area contributed by atoms with Crippen LogP contribution < -0.4 is 0 Å². The zero-order chi connectivity index (χ0) is 11.4. The zero-order valence-electron chi connectivity index (χ0n) is 8.53. The fraction of sp³-hybridized carbons (Fsp3) is 0.500. The van der Waals surface area contributed by atoms with Crippen LogP contribution in [0.3, 0.4) is 0 Å². The molecule has 0 aromatic rings. The first kappa shape index (κ1) is 12.3. The van der Waals surface area contributed by atoms with Crippen LogP contribution in [-0.4, -0.2) is 44.1 Å². The van der Waals surface area contributed by atoms with Crippen LogP contribution >= 0.6 is 15.9 Å². The summed E-state index contributed by atoms with van der Waals surface area (Å²) in [6, 6.07) is 0. The number of hydrogen-bond donors (Lipinski definition) is 0. The number of carbonyl (C=O) groups excluding carboxylic acids is 2. The predicted molar refractivity (Wildman–Crippen MR) is 58.1 cm³/mol. The maximum Gasteiger partial charge on any atom is 0.632 e. The summed E-state index contributed by atoms with van der Waals surface area (Å²) in [4.78, 5) is 25.7. The van der Waals surface area contributed by atoms with E-state index in [1.54, 1.807) is 19.0 Å². The van der Waals surface area contributed by atoms with Crippen molar-refractivity contribution in [3.63, 3.8) is 0 Å². The number of rotatable bonds is 1. The lowest BCUT2D eigenvalue weighted by Gasteiger charge is -2.22. The fourth-order valence-electron chi connectivity index (χ4n) is 1.07. The van der Waals surface area contributed by atoms with Crippen LogP contribution in [-0.2, 0) is 18.9 Å². The van der Waals surface area contributed by atoms with Gasteiger partial charge in [0.05, 0.1) is 13.1 Å². The average molecular weight is 276 g/mol. The molecule has 5 nitrogen and oxygen atoms in total. The van der Waals surface area contributed by atoms with Crippen molar-refractivity contribution < 1.29 is 18.9 Å². The summed E-state index contributed by atoms with van der Waals surface area (Å²) in [5, 5.41) is 0. The summed E-state index contributed by atoms with van der Waals surface area (Å²) in [5.74, 6) is -0.826. The van der Waals surface area contributed by atoms with E-state index in [9.17, 15) is 9.59 Å². The minimum atomic E-state index is -0.918. The Morgan fingerprint density at radius 1 is 1.40 bits per heavy atom. The van der Waals surface area contributed by atoms with Crippen LogP contribution in [0.25, 0.3) is 0 Å². The van der Waals surface area contributed by atoms with E-state index in [1.165, 1.54) is 4.90 Å². The molecule has 15 heavy (non-hydrogen) atoms. The molecule has 1 saturated heterocycles. The smallest absolute Gasteiger partial charge is 0.495 e. The lowest BCUT2D eigenvalue weighted by molar-refractivity contribution is -0.145. The van der Waals surface area contributed by atoms with Gasteiger partial charge in [0, 0.05) is 0 Å². The summed E-state index contributed by atoms with van der Waals surface area (Å²) in [7, 11) is 0.730. The third-order valence-corrected chi connectivity index (χ3v) is 2.54. The molecule has 1 aliphatic heterocycles. The van der Waals surface area contributed by atoms with Crippen LogP contribution in [0.4, 0.5) is 0 Å². The van der Waals surface area contributed by atoms with Crippen molar-refractivity contribution in [2.75, 3.05) is 20.1 Å². The highest BCUT2D eigenvalue weighted by Gasteiger charge is 2.33. The molecule has 1 fully saturated rings. The molecule has 0 aromatic heterocycles. The van der Waals surface area contributed by atoms with Gasteiger partial charge >= 0.3 is 19.1 Å². The van der Waals surface area contributed by atoms with Gasteiger partial charge in [0.1, 0.15) is 0 Å². The van der Waals surface area contributed by atoms with E-state index in [0.717, 1.165) is 0 Å². The largest absolute Gasteiger partial charge is 0.632 e. The van der Waals surface area contributed by atoms with Crippen molar-refractivity contribution in [1.82, 2.24) is 4.90 Å². The second kappa shape index (κ2) is 5.32. The Labute approximate surface area is 96.7 Å². The standard InChI is InChI=1S/C8H11BBrNO4/c1-6(3-10)9-14-7(12)4-11(2)5-8(13)15-9/h3H,4-5H2,1-2H3/b6-3-. The number of nitrogens with zero attached hydrogens (tertiary/aromatic N) is 1. The molecule has 82 valence electrons. The van der Waals surface area contributed by atoms with Crippen LogP contribution in [0.1, 0.15) is 6.92 Å². The summed E-state index contributed by atoms with van der Waals surface area (Å²) < 4.78 is 9.93. The van der Waals surface area contributed by atoms with E-state index in [4.69, 9.17) is 9.31 Å². The van der Waals surface area contributed by atoms with Crippen molar-refractivity contribution >= 4 is 35.0 Å². The normalized spacial score (nSPS) is 20.5. The van der Waals surface area contributed by atoms with E-state index in [1.807, 2.05) is 0 Å². The van der Waals surface area contributed by atoms with Gasteiger partial charge in [-0.3, -0.25) is 14.5 Å². The van der Waals surface area contributed by atoms with Gasteiger partial charge in [-0.25, -0.2) is 0 Å². The quantitative estimate of drug-likeness (QED) is 0.646. The third kappa shape index (κ3) is 3.68. The van der Waals surface area contributed by atoms with E-state index >= 15 is 0 Å². The maximum absolute atomic E-state index is 11.3. The minimum absolute atomic E-state index is 0.0845. The molecule has 0 bridgehead atoms. The molecule has 0 aliphatic carbocycles. The molecular weight excluding hydrogens is 265 g/mol. The zero-order valence-corrected chi connectivity index (χ0v) is 10.1. The third-order valence-electron chi connectivity index (χ3n) is 1.82. The first-order valence-electron chi connectivity index (χ1n) is 4.37. The molecule has 0 atom stereocenters. The summed E-state index contributed by atoms with van der Waals surface area (Å²) in [5.41, 5.74) is 0.626. The monoisotopic (exact) mass is 275 g/mol. The number of hydrogen-bond acceptors (Lipinski definition) is 5. The Balaban J connectivity index is 2.74. The van der Waals surface area contributed by atoms with E-state index < -0.39 is 19.1 Å². The van der Waals surface area contributed by atoms with Crippen LogP contribution in [0.15, 0.2) is 10.5 Å². The van der Waals surface area contributed by atoms with Crippen molar-refractivity contribution in [3.8, 4) is 0 Å². The van der Waals surface area contributed by atoms with Gasteiger partial charge in [-0.1, -0.05) is 15.9 Å². The van der Waals surface area contributed by atoms with Gasteiger partial charge in [-0.05, 0) is 24.4 Å². The average Bonchev–Trinajstić information content (AvgIpc) is 2.12. The Morgan fingerprint density at radius 2 is 1.87 bits per heavy atom. The predicted octanol–water partition coefficient (Wildman–Crippen LogP) is 0.344. The highest BCUT2D eigenvalue weighted by molar-refractivity contribution is 9.11. The van der Waals surface area contributed by atoms with E-state index in [0.29, 0.717) is 5.47 Å². The Kier molecular flexibility index (Phi) is 4.35. The van der Waals surface area contributed by atoms with Gasteiger partial charge in [0.15, 0.2) is 0 Å². The van der Waals surface area contributed by atoms with Gasteiger partial charge < -0.3 is 9.31 Å². The van der Waals surface area contributed by atoms with Gasteiger partial charge in [0.25, 0.3) is 0 Å². The highest BCUT2D eigenvalue weighted by Crippen LogP contribution is 2.09. The van der Waals surface area contributed by atoms with Crippen LogP contribution in [0, 0.1) is 0 Å². The number of halogens is 1. The summed E-state index contributed by atoms with van der Waals surface area (Å²) in [6.07, 6.45) is 0. The number of carbonyl (C=O) groups is 2. The number of likely N-dealkylation sites (N-methyl/N-ethyl adjacent to an activating group) is 1. The molecule has 1 aliphatic rings. The molecule has 0 unspecified atom stereocenters. The molecule has 0 N–H and O–H groups in total. The SMILES string of the molecule is C/C(=C/Br)B1OC(=O)CN(C)CC(=O)O1. The summed E-state index contributed by atoms with van der Waals surface area (Å²) in [6.45, 7) is 1.87. The Bertz CT molecular complexity index is 287. The van der Waals surface area contributed by atoms with Crippen molar-refractivity contribution in [3.05, 3.63) is 10.5 Å². The topological polar surface area (TPSA) is 55.8 Å². The molecule has 7 heteroatoms. The fourth-order valence-corrected chi connectivity index (χ4v) is 1.29. The lowest BCUT2D eigenvalue weighted by Crippen LogP contribution is -2.43. The second-order valence-corrected chi connectivity index (χ2v) is 3.79. The van der Waals surface area contributed by atoms with Crippen LogP contribution in [0.2, 0.25) is 0 Å². The lowest BCUT2D eigenvalue weighted by atomic mass is 9.80. The molecule has 0 aromatic carbocycles. The number of allylic oxidation sites excluding steroid dienone is 1. The molecule has 0 spiro atoms. The van der Waals surface area contributed by atoms with Gasteiger partial charge in [0.2, 0.25) is 0 Å². The summed E-state index contributed by atoms with van der Waals surface area (Å²) >= 11 is 3.09. The first-order valence-corrected chi connectivity index (χ1v) is 5.29. The molecule has 1 heterocycles. The van der Waals surface area contributed by atoms with Crippen molar-refractivity contribution in [1.29, 1.82) is 0 Å². The maximum atomic E-state index is 11.3. The van der Waals surface area contributed by atoms with E-state index in [-0.39, 0.29) is 13.1 Å². The highest BCUT2D eigenvalue weighted by atomic mass is 79.9. The Morgan fingerprint density at radius 3 is 2.27 bits per heavy atom. The minimum Gasteiger partial charge on any atom is -0.495 e.